The van der Waals surface area contributed by atoms with E-state index in [1.807, 2.05) is 0 Å². The largest absolute Gasteiger partial charge is 0.321 e. The van der Waals surface area contributed by atoms with Crippen LogP contribution in [0.25, 0.3) is 0 Å². The molecule has 0 fully saturated rings. The minimum atomic E-state index is -1.33. The van der Waals surface area contributed by atoms with Crippen LogP contribution in [0, 0.1) is 0 Å². The van der Waals surface area contributed by atoms with Gasteiger partial charge in [0.25, 0.3) is 0 Å². The highest BCUT2D eigenvalue weighted by molar-refractivity contribution is 4.95. The van der Waals surface area contributed by atoms with E-state index in [2.05, 4.69) is 6.58 Å². The molecule has 0 bridgehead atoms. The lowest BCUT2D eigenvalue weighted by Gasteiger charge is -2.22. The maximum atomic E-state index is 5.26. The molecule has 0 spiro atoms. The lowest BCUT2D eigenvalue weighted by atomic mass is 10.2. The molecule has 0 aliphatic heterocycles. The van der Waals surface area contributed by atoms with Gasteiger partial charge in [0, 0.05) is 0 Å². The van der Waals surface area contributed by atoms with Crippen molar-refractivity contribution in [2.45, 2.75) is 11.8 Å². The Morgan fingerprint density at radius 3 is 1.75 bits per heavy atom. The molecule has 0 aromatic rings. The minimum absolute atomic E-state index is 0.553. The van der Waals surface area contributed by atoms with Crippen molar-refractivity contribution >= 4 is 0 Å². The van der Waals surface area contributed by atoms with E-state index in [1.165, 1.54) is 6.08 Å². The Hall–Kier alpha value is -0.420. The molecule has 0 aliphatic carbocycles. The molecule has 0 saturated heterocycles. The summed E-state index contributed by atoms with van der Waals surface area (Å²) in [5, 5.41) is 0. The topological polar surface area (TPSA) is 104 Å². The summed E-state index contributed by atoms with van der Waals surface area (Å²) in [7, 11) is 0. The number of hydrogen-bond acceptors (Lipinski definition) is 4. The Kier molecular flexibility index (Phi) is 2.12. The number of rotatable bonds is 2. The SMILES string of the molecule is C=CC(N)C(N)(N)N. The van der Waals surface area contributed by atoms with Crippen LogP contribution in [0.2, 0.25) is 0 Å². The third-order valence-electron chi connectivity index (χ3n) is 0.831. The van der Waals surface area contributed by atoms with Gasteiger partial charge >= 0.3 is 0 Å². The second kappa shape index (κ2) is 2.23. The van der Waals surface area contributed by atoms with Gasteiger partial charge in [0.1, 0.15) is 5.79 Å². The monoisotopic (exact) mass is 116 g/mol. The predicted molar refractivity (Wildman–Crippen MR) is 33.5 cm³/mol. The molecule has 0 saturated carbocycles. The smallest absolute Gasteiger partial charge is 0.135 e. The van der Waals surface area contributed by atoms with E-state index in [9.17, 15) is 0 Å². The van der Waals surface area contributed by atoms with E-state index in [0.29, 0.717) is 0 Å². The van der Waals surface area contributed by atoms with Gasteiger partial charge in [0.05, 0.1) is 6.04 Å². The molecule has 0 aromatic heterocycles. The first-order valence-corrected chi connectivity index (χ1v) is 2.23. The molecule has 1 unspecified atom stereocenters. The average molecular weight is 116 g/mol. The standard InChI is InChI=1S/C4H12N4/c1-2-3(5)4(6,7)8/h2-3H,1,5-8H2. The normalized spacial score (nSPS) is 15.5. The van der Waals surface area contributed by atoms with E-state index in [1.54, 1.807) is 0 Å². The zero-order valence-corrected chi connectivity index (χ0v) is 4.67. The maximum Gasteiger partial charge on any atom is 0.135 e. The molecule has 0 heterocycles. The fraction of sp³-hybridized carbons (Fsp3) is 0.500. The highest BCUT2D eigenvalue weighted by Crippen LogP contribution is 1.85. The first-order chi connectivity index (χ1) is 3.48. The zero-order valence-electron chi connectivity index (χ0n) is 4.67. The summed E-state index contributed by atoms with van der Waals surface area (Å²) in [4.78, 5) is 0. The highest BCUT2D eigenvalue weighted by Gasteiger charge is 2.18. The molecule has 0 amide bonds. The fourth-order valence-electron chi connectivity index (χ4n) is 0.204. The molecule has 1 atom stereocenters. The van der Waals surface area contributed by atoms with Crippen molar-refractivity contribution in [3.8, 4) is 0 Å². The summed E-state index contributed by atoms with van der Waals surface area (Å²) in [5.41, 5.74) is 20.7. The third kappa shape index (κ3) is 2.04. The van der Waals surface area contributed by atoms with Gasteiger partial charge in [-0.3, -0.25) is 17.2 Å². The van der Waals surface area contributed by atoms with Gasteiger partial charge in [-0.1, -0.05) is 6.08 Å². The molecule has 0 radical (unpaired) electrons. The van der Waals surface area contributed by atoms with E-state index in [4.69, 9.17) is 22.9 Å². The van der Waals surface area contributed by atoms with Crippen molar-refractivity contribution in [2.24, 2.45) is 22.9 Å². The van der Waals surface area contributed by atoms with Crippen LogP contribution in [0.5, 0.6) is 0 Å². The van der Waals surface area contributed by atoms with Crippen LogP contribution in [0.1, 0.15) is 0 Å². The van der Waals surface area contributed by atoms with Crippen LogP contribution in [-0.4, -0.2) is 11.8 Å². The van der Waals surface area contributed by atoms with Gasteiger partial charge in [0.2, 0.25) is 0 Å². The molecule has 4 heteroatoms. The molecule has 8 N–H and O–H groups in total. The lowest BCUT2D eigenvalue weighted by Crippen LogP contribution is -2.68. The maximum absolute atomic E-state index is 5.26. The van der Waals surface area contributed by atoms with Crippen LogP contribution in [0.3, 0.4) is 0 Å². The molecule has 0 aliphatic rings. The fourth-order valence-corrected chi connectivity index (χ4v) is 0.204. The third-order valence-corrected chi connectivity index (χ3v) is 0.831. The van der Waals surface area contributed by atoms with Crippen molar-refractivity contribution in [2.75, 3.05) is 0 Å². The predicted octanol–water partition coefficient (Wildman–Crippen LogP) is -1.97. The quantitative estimate of drug-likeness (QED) is 0.248. The van der Waals surface area contributed by atoms with E-state index in [-0.39, 0.29) is 0 Å². The Bertz CT molecular complexity index is 82.5. The molecule has 0 aromatic carbocycles. The van der Waals surface area contributed by atoms with E-state index < -0.39 is 11.8 Å². The average Bonchev–Trinajstić information content (AvgIpc) is 1.62. The molecular formula is C4H12N4. The Labute approximate surface area is 48.5 Å². The summed E-state index contributed by atoms with van der Waals surface area (Å²) in [6.07, 6.45) is 1.40. The number of hydrogen-bond donors (Lipinski definition) is 4. The second-order valence-corrected chi connectivity index (χ2v) is 1.76. The van der Waals surface area contributed by atoms with Gasteiger partial charge < -0.3 is 5.73 Å². The van der Waals surface area contributed by atoms with Crippen LogP contribution >= 0.6 is 0 Å². The first-order valence-electron chi connectivity index (χ1n) is 2.23. The summed E-state index contributed by atoms with van der Waals surface area (Å²) in [6.45, 7) is 3.36. The Morgan fingerprint density at radius 2 is 1.75 bits per heavy atom. The van der Waals surface area contributed by atoms with Gasteiger partial charge in [-0.2, -0.15) is 0 Å². The molecule has 48 valence electrons. The zero-order chi connectivity index (χ0) is 6.78. The van der Waals surface area contributed by atoms with Crippen molar-refractivity contribution < 1.29 is 0 Å². The summed E-state index contributed by atoms with van der Waals surface area (Å²) in [6, 6.07) is -0.553. The van der Waals surface area contributed by atoms with Gasteiger partial charge in [0.15, 0.2) is 0 Å². The van der Waals surface area contributed by atoms with E-state index >= 15 is 0 Å². The summed E-state index contributed by atoms with van der Waals surface area (Å²) in [5.74, 6) is -1.33. The minimum Gasteiger partial charge on any atom is -0.321 e. The first kappa shape index (κ1) is 7.58. The van der Waals surface area contributed by atoms with Crippen LogP contribution < -0.4 is 22.9 Å². The highest BCUT2D eigenvalue weighted by atomic mass is 15.2. The second-order valence-electron chi connectivity index (χ2n) is 1.76. The molecule has 0 rings (SSSR count). The number of nitrogens with two attached hydrogens (primary N) is 4. The van der Waals surface area contributed by atoms with Crippen molar-refractivity contribution in [3.63, 3.8) is 0 Å². The van der Waals surface area contributed by atoms with Crippen LogP contribution in [0.4, 0.5) is 0 Å². The van der Waals surface area contributed by atoms with Crippen molar-refractivity contribution in [1.82, 2.24) is 0 Å². The van der Waals surface area contributed by atoms with Crippen molar-refractivity contribution in [1.29, 1.82) is 0 Å². The molecular weight excluding hydrogens is 104 g/mol. The summed E-state index contributed by atoms with van der Waals surface area (Å²) >= 11 is 0. The lowest BCUT2D eigenvalue weighted by molar-refractivity contribution is 0.414. The van der Waals surface area contributed by atoms with E-state index in [0.717, 1.165) is 0 Å². The molecule has 4 nitrogen and oxygen atoms in total. The van der Waals surface area contributed by atoms with Crippen molar-refractivity contribution in [3.05, 3.63) is 12.7 Å². The van der Waals surface area contributed by atoms with Gasteiger partial charge in [-0.15, -0.1) is 6.58 Å². The Balaban J connectivity index is 3.80. The Morgan fingerprint density at radius 1 is 1.38 bits per heavy atom. The van der Waals surface area contributed by atoms with Crippen LogP contribution in [-0.2, 0) is 0 Å². The van der Waals surface area contributed by atoms with Gasteiger partial charge in [-0.05, 0) is 0 Å². The van der Waals surface area contributed by atoms with Crippen LogP contribution in [0.15, 0.2) is 12.7 Å². The summed E-state index contributed by atoms with van der Waals surface area (Å²) < 4.78 is 0. The molecule has 8 heavy (non-hydrogen) atoms. The van der Waals surface area contributed by atoms with Gasteiger partial charge in [-0.25, -0.2) is 0 Å².